The Kier molecular flexibility index (Phi) is 7.31. The van der Waals surface area contributed by atoms with Crippen LogP contribution in [0, 0.1) is 17.6 Å². The van der Waals surface area contributed by atoms with E-state index in [2.05, 4.69) is 5.32 Å². The zero-order valence-electron chi connectivity index (χ0n) is 20.9. The van der Waals surface area contributed by atoms with Gasteiger partial charge in [0.25, 0.3) is 5.91 Å². The van der Waals surface area contributed by atoms with E-state index in [1.165, 1.54) is 29.3 Å². The van der Waals surface area contributed by atoms with Gasteiger partial charge in [-0.3, -0.25) is 4.79 Å². The van der Waals surface area contributed by atoms with Crippen LogP contribution in [0.2, 0.25) is 0 Å². The van der Waals surface area contributed by atoms with Crippen molar-refractivity contribution in [2.24, 2.45) is 11.0 Å². The lowest BCUT2D eigenvalue weighted by Crippen LogP contribution is -2.34. The van der Waals surface area contributed by atoms with Gasteiger partial charge in [-0.1, -0.05) is 36.4 Å². The minimum atomic E-state index is -0.622. The van der Waals surface area contributed by atoms with Gasteiger partial charge >= 0.3 is 5.97 Å². The number of ether oxygens (including phenoxy) is 1. The largest absolute Gasteiger partial charge is 0.452 e. The summed E-state index contributed by atoms with van der Waals surface area (Å²) in [5.74, 6) is -1.89. The SMILES string of the molecule is CNc1ccccc1C(=O)OCC(=O)N1N=C2C(=Cc3ccc(F)cc3)CCCC2C1c1ccc(F)cc1. The summed E-state index contributed by atoms with van der Waals surface area (Å²) in [6, 6.07) is 18.7. The van der Waals surface area contributed by atoms with Crippen LogP contribution < -0.4 is 5.32 Å². The van der Waals surface area contributed by atoms with Gasteiger partial charge in [0, 0.05) is 18.7 Å². The molecule has 1 amide bonds. The number of hydrogen-bond acceptors (Lipinski definition) is 5. The number of carbonyl (C=O) groups is 2. The molecule has 0 radical (unpaired) electrons. The first kappa shape index (κ1) is 25.3. The molecule has 3 aromatic carbocycles. The molecule has 3 aromatic rings. The normalized spacial score (nSPS) is 19.6. The van der Waals surface area contributed by atoms with Crippen LogP contribution in [-0.4, -0.2) is 36.3 Å². The Balaban J connectivity index is 1.43. The highest BCUT2D eigenvalue weighted by Crippen LogP contribution is 2.44. The van der Waals surface area contributed by atoms with E-state index in [9.17, 15) is 18.4 Å². The van der Waals surface area contributed by atoms with Crippen LogP contribution in [-0.2, 0) is 9.53 Å². The molecule has 194 valence electrons. The van der Waals surface area contributed by atoms with Crippen LogP contribution in [0.15, 0.2) is 83.5 Å². The number of fused-ring (bicyclic) bond motifs is 1. The number of nitrogens with zero attached hydrogens (tertiary/aromatic N) is 2. The first-order chi connectivity index (χ1) is 18.4. The van der Waals surface area contributed by atoms with E-state index in [1.807, 2.05) is 6.08 Å². The molecular weight excluding hydrogens is 488 g/mol. The van der Waals surface area contributed by atoms with Crippen molar-refractivity contribution in [1.29, 1.82) is 0 Å². The van der Waals surface area contributed by atoms with Gasteiger partial charge in [-0.25, -0.2) is 18.6 Å². The molecule has 1 fully saturated rings. The summed E-state index contributed by atoms with van der Waals surface area (Å²) in [6.07, 6.45) is 4.41. The molecule has 0 spiro atoms. The number of benzene rings is 3. The first-order valence-electron chi connectivity index (χ1n) is 12.5. The number of esters is 1. The third-order valence-electron chi connectivity index (χ3n) is 6.92. The molecule has 2 unspecified atom stereocenters. The molecule has 1 aliphatic heterocycles. The van der Waals surface area contributed by atoms with Crippen LogP contribution in [0.1, 0.15) is 46.8 Å². The van der Waals surface area contributed by atoms with Gasteiger partial charge in [-0.05, 0) is 78.4 Å². The second-order valence-electron chi connectivity index (χ2n) is 9.31. The summed E-state index contributed by atoms with van der Waals surface area (Å²) >= 11 is 0. The fourth-order valence-corrected chi connectivity index (χ4v) is 5.11. The maximum Gasteiger partial charge on any atom is 0.340 e. The lowest BCUT2D eigenvalue weighted by Gasteiger charge is -2.29. The summed E-state index contributed by atoms with van der Waals surface area (Å²) < 4.78 is 32.5. The van der Waals surface area contributed by atoms with Gasteiger partial charge in [-0.15, -0.1) is 0 Å². The number of carbonyl (C=O) groups excluding carboxylic acids is 2. The van der Waals surface area contributed by atoms with Crippen molar-refractivity contribution in [1.82, 2.24) is 5.01 Å². The molecule has 0 bridgehead atoms. The molecule has 0 aromatic heterocycles. The summed E-state index contributed by atoms with van der Waals surface area (Å²) in [5.41, 5.74) is 4.25. The third kappa shape index (κ3) is 5.20. The third-order valence-corrected chi connectivity index (χ3v) is 6.92. The second kappa shape index (κ2) is 11.0. The lowest BCUT2D eigenvalue weighted by molar-refractivity contribution is -0.137. The van der Waals surface area contributed by atoms with Crippen molar-refractivity contribution in [3.05, 3.63) is 107 Å². The zero-order chi connectivity index (χ0) is 26.6. The Morgan fingerprint density at radius 1 is 1.03 bits per heavy atom. The second-order valence-corrected chi connectivity index (χ2v) is 9.31. The van der Waals surface area contributed by atoms with E-state index >= 15 is 0 Å². The number of rotatable bonds is 6. The molecule has 0 saturated heterocycles. The van der Waals surface area contributed by atoms with Gasteiger partial charge < -0.3 is 10.1 Å². The van der Waals surface area contributed by atoms with E-state index in [0.717, 1.165) is 41.7 Å². The Bertz CT molecular complexity index is 1400. The number of allylic oxidation sites excluding steroid dienone is 1. The Morgan fingerprint density at radius 2 is 1.71 bits per heavy atom. The predicted octanol–water partition coefficient (Wildman–Crippen LogP) is 5.99. The number of hydrazone groups is 1. The van der Waals surface area contributed by atoms with Crippen molar-refractivity contribution in [3.63, 3.8) is 0 Å². The van der Waals surface area contributed by atoms with Crippen LogP contribution in [0.4, 0.5) is 14.5 Å². The van der Waals surface area contributed by atoms with Gasteiger partial charge in [0.05, 0.1) is 17.3 Å². The highest BCUT2D eigenvalue weighted by atomic mass is 19.1. The van der Waals surface area contributed by atoms with Crippen molar-refractivity contribution in [3.8, 4) is 0 Å². The molecule has 1 N–H and O–H groups in total. The Morgan fingerprint density at radius 3 is 2.42 bits per heavy atom. The summed E-state index contributed by atoms with van der Waals surface area (Å²) in [5, 5.41) is 9.04. The van der Waals surface area contributed by atoms with Gasteiger partial charge in [0.2, 0.25) is 0 Å². The Labute approximate surface area is 219 Å². The summed E-state index contributed by atoms with van der Waals surface area (Å²) in [4.78, 5) is 26.1. The van der Waals surface area contributed by atoms with E-state index < -0.39 is 24.5 Å². The van der Waals surface area contributed by atoms with Crippen molar-refractivity contribution >= 4 is 29.4 Å². The molecule has 8 heteroatoms. The van der Waals surface area contributed by atoms with E-state index in [4.69, 9.17) is 9.84 Å². The molecule has 2 atom stereocenters. The topological polar surface area (TPSA) is 71.0 Å². The van der Waals surface area contributed by atoms with Crippen molar-refractivity contribution in [2.75, 3.05) is 19.0 Å². The minimum absolute atomic E-state index is 0.106. The number of amides is 1. The van der Waals surface area contributed by atoms with Crippen LogP contribution in [0.3, 0.4) is 0 Å². The maximum absolute atomic E-state index is 13.7. The highest BCUT2D eigenvalue weighted by molar-refractivity contribution is 6.08. The number of anilines is 1. The molecule has 6 nitrogen and oxygen atoms in total. The molecule has 1 heterocycles. The Hall–Kier alpha value is -4.33. The standard InChI is InChI=1S/C30H27F2N3O3/c1-33-26-8-3-2-6-24(26)30(37)38-18-27(36)35-29(20-11-15-23(32)16-12-20)25-7-4-5-21(28(25)34-35)17-19-9-13-22(31)14-10-19/h2-3,6,8-17,25,29,33H,4-5,7,18H2,1H3. The molecular formula is C30H27F2N3O3. The van der Waals surface area contributed by atoms with Gasteiger partial charge in [0.15, 0.2) is 6.61 Å². The highest BCUT2D eigenvalue weighted by Gasteiger charge is 2.43. The number of para-hydroxylation sites is 1. The molecule has 2 aliphatic rings. The average molecular weight is 516 g/mol. The zero-order valence-corrected chi connectivity index (χ0v) is 20.9. The fraction of sp³-hybridized carbons (Fsp3) is 0.233. The number of halogens is 2. The quantitative estimate of drug-likeness (QED) is 0.410. The molecule has 5 rings (SSSR count). The van der Waals surface area contributed by atoms with Crippen LogP contribution >= 0.6 is 0 Å². The maximum atomic E-state index is 13.7. The van der Waals surface area contributed by atoms with Crippen LogP contribution in [0.25, 0.3) is 6.08 Å². The monoisotopic (exact) mass is 515 g/mol. The van der Waals surface area contributed by atoms with E-state index in [-0.39, 0.29) is 17.6 Å². The fourth-order valence-electron chi connectivity index (χ4n) is 5.11. The van der Waals surface area contributed by atoms with Crippen molar-refractivity contribution in [2.45, 2.75) is 25.3 Å². The molecule has 38 heavy (non-hydrogen) atoms. The van der Waals surface area contributed by atoms with Gasteiger partial charge in [-0.2, -0.15) is 5.10 Å². The molecule has 1 aliphatic carbocycles. The van der Waals surface area contributed by atoms with Crippen molar-refractivity contribution < 1.29 is 23.1 Å². The minimum Gasteiger partial charge on any atom is -0.452 e. The molecule has 1 saturated carbocycles. The summed E-state index contributed by atoms with van der Waals surface area (Å²) in [6.45, 7) is -0.491. The van der Waals surface area contributed by atoms with Gasteiger partial charge in [0.1, 0.15) is 11.6 Å². The summed E-state index contributed by atoms with van der Waals surface area (Å²) in [7, 11) is 1.70. The number of hydrogen-bond donors (Lipinski definition) is 1. The average Bonchev–Trinajstić information content (AvgIpc) is 3.34. The first-order valence-corrected chi connectivity index (χ1v) is 12.5. The number of nitrogens with one attached hydrogen (secondary N) is 1. The lowest BCUT2D eigenvalue weighted by atomic mass is 9.77. The van der Waals surface area contributed by atoms with E-state index in [1.54, 1.807) is 55.6 Å². The van der Waals surface area contributed by atoms with Crippen LogP contribution in [0.5, 0.6) is 0 Å². The predicted molar refractivity (Wildman–Crippen MR) is 141 cm³/mol. The van der Waals surface area contributed by atoms with E-state index in [0.29, 0.717) is 11.3 Å². The smallest absolute Gasteiger partial charge is 0.340 e.